The minimum Gasteiger partial charge on any atom is -0.469 e. The Labute approximate surface area is 92.3 Å². The van der Waals surface area contributed by atoms with Gasteiger partial charge in [-0.05, 0) is 20.8 Å². The average molecular weight is 298 g/mol. The Hall–Kier alpha value is 0.160. The predicted octanol–water partition coefficient (Wildman–Crippen LogP) is 1.78. The van der Waals surface area contributed by atoms with E-state index in [2.05, 4.69) is 22.6 Å². The van der Waals surface area contributed by atoms with Gasteiger partial charge in [-0.1, -0.05) is 22.6 Å². The number of hydrogen-bond donors (Lipinski definition) is 0. The number of carbonyl (C=O) groups is 1. The Morgan fingerprint density at radius 1 is 1.54 bits per heavy atom. The third kappa shape index (κ3) is 1.98. The number of hydrogen-bond acceptors (Lipinski definition) is 3. The van der Waals surface area contributed by atoms with Gasteiger partial charge in [-0.25, -0.2) is 0 Å². The number of halogens is 1. The van der Waals surface area contributed by atoms with Crippen LogP contribution in [-0.2, 0) is 14.3 Å². The highest BCUT2D eigenvalue weighted by Crippen LogP contribution is 2.40. The molecule has 3 atom stereocenters. The predicted molar refractivity (Wildman–Crippen MR) is 57.9 cm³/mol. The first-order valence-corrected chi connectivity index (χ1v) is 5.54. The number of carbonyl (C=O) groups excluding carboxylic acids is 1. The van der Waals surface area contributed by atoms with Crippen LogP contribution in [0, 0.1) is 5.92 Å². The van der Waals surface area contributed by atoms with Crippen LogP contribution in [0.5, 0.6) is 0 Å². The zero-order valence-electron chi connectivity index (χ0n) is 8.33. The zero-order valence-corrected chi connectivity index (χ0v) is 10.5. The smallest absolute Gasteiger partial charge is 0.312 e. The summed E-state index contributed by atoms with van der Waals surface area (Å²) in [6.45, 7) is 5.86. The van der Waals surface area contributed by atoms with Crippen molar-refractivity contribution in [3.63, 3.8) is 0 Å². The summed E-state index contributed by atoms with van der Waals surface area (Å²) in [4.78, 5) is 11.5. The summed E-state index contributed by atoms with van der Waals surface area (Å²) in [5.41, 5.74) is -0.404. The van der Waals surface area contributed by atoms with Crippen molar-refractivity contribution in [2.75, 3.05) is 7.11 Å². The normalized spacial score (nSPS) is 37.5. The van der Waals surface area contributed by atoms with Crippen molar-refractivity contribution in [3.8, 4) is 0 Å². The molecule has 76 valence electrons. The topological polar surface area (TPSA) is 35.5 Å². The SMILES string of the molecule is COC(=O)[C@H]1[C@H](I)[C@@H](C)OC1(C)C. The fourth-order valence-electron chi connectivity index (χ4n) is 1.81. The molecule has 0 saturated carbocycles. The average Bonchev–Trinajstić information content (AvgIpc) is 2.21. The molecule has 1 fully saturated rings. The Kier molecular flexibility index (Phi) is 3.22. The monoisotopic (exact) mass is 298 g/mol. The molecular weight excluding hydrogens is 283 g/mol. The molecule has 3 nitrogen and oxygen atoms in total. The summed E-state index contributed by atoms with van der Waals surface area (Å²) in [6.07, 6.45) is 0.111. The summed E-state index contributed by atoms with van der Waals surface area (Å²) < 4.78 is 10.6. The van der Waals surface area contributed by atoms with Gasteiger partial charge >= 0.3 is 5.97 Å². The van der Waals surface area contributed by atoms with Crippen LogP contribution in [0.2, 0.25) is 0 Å². The van der Waals surface area contributed by atoms with Gasteiger partial charge in [-0.2, -0.15) is 0 Å². The molecule has 0 bridgehead atoms. The molecule has 0 amide bonds. The Morgan fingerprint density at radius 3 is 2.38 bits per heavy atom. The van der Waals surface area contributed by atoms with Crippen LogP contribution in [0.4, 0.5) is 0 Å². The Morgan fingerprint density at radius 2 is 2.08 bits per heavy atom. The minimum atomic E-state index is -0.404. The van der Waals surface area contributed by atoms with Crippen molar-refractivity contribution in [3.05, 3.63) is 0 Å². The van der Waals surface area contributed by atoms with Gasteiger partial charge in [0.2, 0.25) is 0 Å². The van der Waals surface area contributed by atoms with Gasteiger partial charge in [0.25, 0.3) is 0 Å². The fourth-order valence-corrected chi connectivity index (χ4v) is 3.12. The van der Waals surface area contributed by atoms with Crippen LogP contribution in [0.3, 0.4) is 0 Å². The van der Waals surface area contributed by atoms with E-state index in [4.69, 9.17) is 9.47 Å². The van der Waals surface area contributed by atoms with Crippen LogP contribution in [0.1, 0.15) is 20.8 Å². The standard InChI is InChI=1S/C9H15IO3/c1-5-7(10)6(8(11)12-4)9(2,3)13-5/h5-7H,1-4H3/t5-,6-,7-/m1/s1. The van der Waals surface area contributed by atoms with Crippen molar-refractivity contribution < 1.29 is 14.3 Å². The molecule has 0 aromatic heterocycles. The molecule has 1 saturated heterocycles. The molecule has 13 heavy (non-hydrogen) atoms. The van der Waals surface area contributed by atoms with Gasteiger partial charge in [-0.3, -0.25) is 4.79 Å². The number of alkyl halides is 1. The summed E-state index contributed by atoms with van der Waals surface area (Å²) in [6, 6.07) is 0. The van der Waals surface area contributed by atoms with Gasteiger partial charge < -0.3 is 9.47 Å². The van der Waals surface area contributed by atoms with Crippen LogP contribution < -0.4 is 0 Å². The highest BCUT2D eigenvalue weighted by molar-refractivity contribution is 14.1. The van der Waals surface area contributed by atoms with E-state index < -0.39 is 5.60 Å². The van der Waals surface area contributed by atoms with E-state index in [0.29, 0.717) is 0 Å². The molecule has 1 rings (SSSR count). The van der Waals surface area contributed by atoms with Gasteiger partial charge in [0.15, 0.2) is 0 Å². The third-order valence-corrected chi connectivity index (χ3v) is 4.19. The summed E-state index contributed by atoms with van der Waals surface area (Å²) in [5, 5.41) is 0. The van der Waals surface area contributed by atoms with E-state index in [1.807, 2.05) is 20.8 Å². The van der Waals surface area contributed by atoms with Crippen molar-refractivity contribution in [2.24, 2.45) is 5.92 Å². The lowest BCUT2D eigenvalue weighted by Gasteiger charge is -2.24. The number of ether oxygens (including phenoxy) is 2. The summed E-state index contributed by atoms with van der Waals surface area (Å²) in [5.74, 6) is -0.332. The molecule has 1 aliphatic rings. The van der Waals surface area contributed by atoms with E-state index in [1.165, 1.54) is 7.11 Å². The molecule has 0 aliphatic carbocycles. The molecule has 0 N–H and O–H groups in total. The quantitative estimate of drug-likeness (QED) is 0.420. The van der Waals surface area contributed by atoms with E-state index in [9.17, 15) is 4.79 Å². The second-order valence-corrected chi connectivity index (χ2v) is 5.31. The molecule has 1 aliphatic heterocycles. The molecule has 0 radical (unpaired) electrons. The highest BCUT2D eigenvalue weighted by atomic mass is 127. The van der Waals surface area contributed by atoms with Crippen molar-refractivity contribution in [1.29, 1.82) is 0 Å². The van der Waals surface area contributed by atoms with Crippen molar-refractivity contribution in [1.82, 2.24) is 0 Å². The lowest BCUT2D eigenvalue weighted by atomic mass is 9.90. The maximum absolute atomic E-state index is 11.5. The largest absolute Gasteiger partial charge is 0.469 e. The lowest BCUT2D eigenvalue weighted by Crippen LogP contribution is -2.37. The summed E-state index contributed by atoms with van der Waals surface area (Å²) >= 11 is 2.26. The Bertz CT molecular complexity index is 215. The van der Waals surface area contributed by atoms with Crippen LogP contribution >= 0.6 is 22.6 Å². The molecule has 0 unspecified atom stereocenters. The first-order chi connectivity index (χ1) is 5.90. The van der Waals surface area contributed by atoms with Gasteiger partial charge in [0, 0.05) is 0 Å². The minimum absolute atomic E-state index is 0.111. The lowest BCUT2D eigenvalue weighted by molar-refractivity contribution is -0.150. The zero-order chi connectivity index (χ0) is 10.2. The molecule has 0 aromatic carbocycles. The second-order valence-electron chi connectivity index (χ2n) is 3.87. The van der Waals surface area contributed by atoms with Crippen molar-refractivity contribution >= 4 is 28.6 Å². The molecule has 0 spiro atoms. The van der Waals surface area contributed by atoms with Crippen LogP contribution in [-0.4, -0.2) is 28.7 Å². The first-order valence-electron chi connectivity index (χ1n) is 4.30. The maximum atomic E-state index is 11.5. The van der Waals surface area contributed by atoms with Crippen LogP contribution in [0.25, 0.3) is 0 Å². The van der Waals surface area contributed by atoms with E-state index in [-0.39, 0.29) is 21.9 Å². The Balaban J connectivity index is 2.87. The second kappa shape index (κ2) is 3.73. The van der Waals surface area contributed by atoms with Crippen LogP contribution in [0.15, 0.2) is 0 Å². The molecule has 4 heteroatoms. The number of esters is 1. The number of rotatable bonds is 1. The molecule has 0 aromatic rings. The van der Waals surface area contributed by atoms with E-state index >= 15 is 0 Å². The molecular formula is C9H15IO3. The third-order valence-electron chi connectivity index (χ3n) is 2.46. The fraction of sp³-hybridized carbons (Fsp3) is 0.889. The maximum Gasteiger partial charge on any atom is 0.312 e. The van der Waals surface area contributed by atoms with Gasteiger partial charge in [-0.15, -0.1) is 0 Å². The first kappa shape index (κ1) is 11.2. The number of methoxy groups -OCH3 is 1. The van der Waals surface area contributed by atoms with Gasteiger partial charge in [0.1, 0.15) is 0 Å². The van der Waals surface area contributed by atoms with E-state index in [0.717, 1.165) is 0 Å². The van der Waals surface area contributed by atoms with Gasteiger partial charge in [0.05, 0.1) is 28.7 Å². The molecule has 1 heterocycles. The van der Waals surface area contributed by atoms with Crippen molar-refractivity contribution in [2.45, 2.75) is 36.4 Å². The highest BCUT2D eigenvalue weighted by Gasteiger charge is 2.51. The van der Waals surface area contributed by atoms with E-state index in [1.54, 1.807) is 0 Å². The summed E-state index contributed by atoms with van der Waals surface area (Å²) in [7, 11) is 1.42.